The molecule has 4 aromatic rings. The Morgan fingerprint density at radius 2 is 1.88 bits per heavy atom. The van der Waals surface area contributed by atoms with Crippen molar-refractivity contribution in [3.8, 4) is 11.5 Å². The second-order valence-corrected chi connectivity index (χ2v) is 13.8. The van der Waals surface area contributed by atoms with E-state index in [9.17, 15) is 10.2 Å². The lowest BCUT2D eigenvalue weighted by molar-refractivity contribution is -0.173. The maximum atomic E-state index is 13.3. The molecule has 2 aliphatic heterocycles. The minimum Gasteiger partial charge on any atom is -0.504 e. The monoisotopic (exact) mass is 546 g/mol. The standard InChI is InChI=1S/C36H38N2O3/c1-21(2)24-10-12-28-26(16-24)27-18-36(40)30-17-25-11-13-29(39)33-31(25)35(36,14-15-37(30)19-23-8-9-23)34(41-33)32(27)38(28)20-22-6-4-3-5-7-22/h3-7,10-13,16,21,23,30,34,39-40H,8-9,14-15,17-20H2,1-2H3/t30-,34+,35+,36-/m1/s1. The van der Waals surface area contributed by atoms with Gasteiger partial charge in [-0.05, 0) is 84.5 Å². The van der Waals surface area contributed by atoms with Crippen LogP contribution in [0.4, 0.5) is 0 Å². The number of benzene rings is 3. The molecule has 5 heteroatoms. The fourth-order valence-corrected chi connectivity index (χ4v) is 9.17. The molecule has 3 aromatic carbocycles. The minimum atomic E-state index is -0.969. The second-order valence-electron chi connectivity index (χ2n) is 13.8. The molecule has 0 unspecified atom stereocenters. The molecule has 3 heterocycles. The fourth-order valence-electron chi connectivity index (χ4n) is 9.17. The molecule has 1 saturated heterocycles. The Balaban J connectivity index is 1.32. The molecular weight excluding hydrogens is 508 g/mol. The number of phenols is 1. The van der Waals surface area contributed by atoms with Crippen molar-refractivity contribution in [1.82, 2.24) is 9.47 Å². The van der Waals surface area contributed by atoms with E-state index in [1.54, 1.807) is 0 Å². The quantitative estimate of drug-likeness (QED) is 0.312. The maximum Gasteiger partial charge on any atom is 0.166 e. The molecule has 0 radical (unpaired) electrons. The molecule has 2 bridgehead atoms. The number of rotatable bonds is 5. The van der Waals surface area contributed by atoms with Crippen molar-refractivity contribution in [3.05, 3.63) is 94.2 Å². The smallest absolute Gasteiger partial charge is 0.166 e. The van der Waals surface area contributed by atoms with Gasteiger partial charge < -0.3 is 19.5 Å². The Morgan fingerprint density at radius 3 is 2.66 bits per heavy atom. The van der Waals surface area contributed by atoms with Gasteiger partial charge in [-0.1, -0.05) is 56.3 Å². The predicted octanol–water partition coefficient (Wildman–Crippen LogP) is 6.22. The van der Waals surface area contributed by atoms with Crippen LogP contribution in [-0.2, 0) is 24.8 Å². The second kappa shape index (κ2) is 8.17. The highest BCUT2D eigenvalue weighted by atomic mass is 16.5. The summed E-state index contributed by atoms with van der Waals surface area (Å²) in [6, 6.07) is 21.5. The molecule has 1 aromatic heterocycles. The third-order valence-electron chi connectivity index (χ3n) is 11.3. The van der Waals surface area contributed by atoms with Crippen molar-refractivity contribution in [3.63, 3.8) is 0 Å². The number of nitrogens with zero attached hydrogens (tertiary/aromatic N) is 2. The highest BCUT2D eigenvalue weighted by Crippen LogP contribution is 2.69. The predicted molar refractivity (Wildman–Crippen MR) is 160 cm³/mol. The van der Waals surface area contributed by atoms with Crippen LogP contribution >= 0.6 is 0 Å². The summed E-state index contributed by atoms with van der Waals surface area (Å²) in [5.74, 6) is 1.98. The molecular formula is C36H38N2O3. The summed E-state index contributed by atoms with van der Waals surface area (Å²) in [5, 5.41) is 25.7. The van der Waals surface area contributed by atoms with Gasteiger partial charge in [0.15, 0.2) is 17.6 Å². The minimum absolute atomic E-state index is 0.0416. The number of fused-ring (bicyclic) bond motifs is 4. The summed E-state index contributed by atoms with van der Waals surface area (Å²) in [5.41, 5.74) is 6.97. The van der Waals surface area contributed by atoms with Crippen LogP contribution in [-0.4, -0.2) is 44.4 Å². The van der Waals surface area contributed by atoms with Crippen LogP contribution in [0, 0.1) is 5.92 Å². The lowest BCUT2D eigenvalue weighted by atomic mass is 9.49. The molecule has 4 atom stereocenters. The van der Waals surface area contributed by atoms with Gasteiger partial charge in [0, 0.05) is 42.0 Å². The van der Waals surface area contributed by atoms with Gasteiger partial charge in [-0.15, -0.1) is 0 Å². The first-order valence-corrected chi connectivity index (χ1v) is 15.6. The van der Waals surface area contributed by atoms with E-state index in [4.69, 9.17) is 4.74 Å². The zero-order chi connectivity index (χ0) is 27.7. The van der Waals surface area contributed by atoms with Crippen molar-refractivity contribution in [2.24, 2.45) is 5.92 Å². The van der Waals surface area contributed by atoms with Gasteiger partial charge in [-0.25, -0.2) is 0 Å². The number of aromatic nitrogens is 1. The zero-order valence-electron chi connectivity index (χ0n) is 23.9. The molecule has 5 aliphatic rings. The average Bonchev–Trinajstić information content (AvgIpc) is 3.65. The third-order valence-corrected chi connectivity index (χ3v) is 11.3. The Kier molecular flexibility index (Phi) is 4.85. The van der Waals surface area contributed by atoms with E-state index in [0.29, 0.717) is 18.1 Å². The SMILES string of the molecule is CC(C)c1ccc2c(c1)c1c(n2Cc2ccccc2)[C@@H]2Oc3c(O)ccc4c3[C@@]23CCN(CC2CC2)[C@H](C4)[C@]3(O)C1. The summed E-state index contributed by atoms with van der Waals surface area (Å²) in [4.78, 5) is 2.61. The van der Waals surface area contributed by atoms with E-state index in [2.05, 4.69) is 77.9 Å². The van der Waals surface area contributed by atoms with E-state index in [0.717, 1.165) is 44.0 Å². The van der Waals surface area contributed by atoms with Gasteiger partial charge in [0.25, 0.3) is 0 Å². The Hall–Kier alpha value is -3.28. The largest absolute Gasteiger partial charge is 0.504 e. The van der Waals surface area contributed by atoms with Crippen molar-refractivity contribution in [1.29, 1.82) is 0 Å². The molecule has 9 rings (SSSR count). The lowest BCUT2D eigenvalue weighted by Crippen LogP contribution is -2.74. The van der Waals surface area contributed by atoms with E-state index in [1.165, 1.54) is 51.7 Å². The first-order chi connectivity index (χ1) is 19.9. The Labute approximate surface area is 241 Å². The molecule has 1 saturated carbocycles. The summed E-state index contributed by atoms with van der Waals surface area (Å²) < 4.78 is 9.43. The summed E-state index contributed by atoms with van der Waals surface area (Å²) in [7, 11) is 0. The molecule has 5 nitrogen and oxygen atoms in total. The Bertz CT molecular complexity index is 1720. The average molecular weight is 547 g/mol. The zero-order valence-corrected chi connectivity index (χ0v) is 23.9. The molecule has 3 aliphatic carbocycles. The number of hydrogen-bond acceptors (Lipinski definition) is 4. The first kappa shape index (κ1) is 24.3. The van der Waals surface area contributed by atoms with Crippen molar-refractivity contribution in [2.45, 2.75) is 81.6 Å². The molecule has 210 valence electrons. The normalized spacial score (nSPS) is 29.5. The number of ether oxygens (including phenoxy) is 1. The van der Waals surface area contributed by atoms with Crippen LogP contribution < -0.4 is 4.74 Å². The van der Waals surface area contributed by atoms with E-state index < -0.39 is 11.0 Å². The summed E-state index contributed by atoms with van der Waals surface area (Å²) in [6.07, 6.45) is 4.53. The van der Waals surface area contributed by atoms with E-state index >= 15 is 0 Å². The number of aliphatic hydroxyl groups is 1. The molecule has 41 heavy (non-hydrogen) atoms. The highest BCUT2D eigenvalue weighted by Gasteiger charge is 2.73. The number of likely N-dealkylation sites (tertiary alicyclic amines) is 1. The van der Waals surface area contributed by atoms with Gasteiger partial charge in [-0.2, -0.15) is 0 Å². The van der Waals surface area contributed by atoms with Gasteiger partial charge >= 0.3 is 0 Å². The van der Waals surface area contributed by atoms with Gasteiger partial charge in [0.2, 0.25) is 0 Å². The summed E-state index contributed by atoms with van der Waals surface area (Å²) in [6.45, 7) is 7.28. The number of aromatic hydroxyl groups is 1. The molecule has 2 fully saturated rings. The number of phenolic OH excluding ortho intramolecular Hbond substituents is 1. The van der Waals surface area contributed by atoms with E-state index in [1.807, 2.05) is 6.07 Å². The molecule has 2 N–H and O–H groups in total. The van der Waals surface area contributed by atoms with E-state index in [-0.39, 0.29) is 17.9 Å². The fraction of sp³-hybridized carbons (Fsp3) is 0.444. The van der Waals surface area contributed by atoms with Crippen LogP contribution in [0.3, 0.4) is 0 Å². The highest BCUT2D eigenvalue weighted by molar-refractivity contribution is 5.88. The maximum absolute atomic E-state index is 13.3. The lowest BCUT2D eigenvalue weighted by Gasteiger charge is -2.63. The van der Waals surface area contributed by atoms with Crippen LogP contribution in [0.2, 0.25) is 0 Å². The molecule has 0 amide bonds. The van der Waals surface area contributed by atoms with Crippen molar-refractivity contribution in [2.75, 3.05) is 13.1 Å². The van der Waals surface area contributed by atoms with Gasteiger partial charge in [0.1, 0.15) is 0 Å². The van der Waals surface area contributed by atoms with Crippen molar-refractivity contribution < 1.29 is 14.9 Å². The van der Waals surface area contributed by atoms with Gasteiger partial charge in [0.05, 0.1) is 16.7 Å². The topological polar surface area (TPSA) is 57.9 Å². The Morgan fingerprint density at radius 1 is 1.05 bits per heavy atom. The number of piperidine rings is 1. The van der Waals surface area contributed by atoms with Crippen molar-refractivity contribution >= 4 is 10.9 Å². The van der Waals surface area contributed by atoms with Crippen LogP contribution in [0.15, 0.2) is 60.7 Å². The summed E-state index contributed by atoms with van der Waals surface area (Å²) >= 11 is 0. The van der Waals surface area contributed by atoms with Crippen LogP contribution in [0.5, 0.6) is 11.5 Å². The molecule has 1 spiro atoms. The van der Waals surface area contributed by atoms with Crippen LogP contribution in [0.1, 0.15) is 78.6 Å². The van der Waals surface area contributed by atoms with Gasteiger partial charge in [-0.3, -0.25) is 4.90 Å². The third kappa shape index (κ3) is 3.09. The first-order valence-electron chi connectivity index (χ1n) is 15.6. The number of hydrogen-bond donors (Lipinski definition) is 2. The van der Waals surface area contributed by atoms with Crippen LogP contribution in [0.25, 0.3) is 10.9 Å².